The lowest BCUT2D eigenvalue weighted by Crippen LogP contribution is -2.59. The third-order valence-electron chi connectivity index (χ3n) is 6.83. The molecule has 0 spiro atoms. The number of amides is 2. The second-order valence-electron chi connectivity index (χ2n) is 8.85. The van der Waals surface area contributed by atoms with Gasteiger partial charge in [-0.1, -0.05) is 30.3 Å². The molecule has 11 heteroatoms. The lowest BCUT2D eigenvalue weighted by Gasteiger charge is -2.32. The lowest BCUT2D eigenvalue weighted by atomic mass is 9.76. The molecule has 4 rings (SSSR count). The van der Waals surface area contributed by atoms with E-state index in [1.807, 2.05) is 6.07 Å². The standard InChI is InChI=1S/C24H26FN3O6S/c1-27(35(32,33)17-11-9-16(25)10-12-17)14-18-19-20(22(30)28(2)21(19)29)24(26-18,23(31)34-3)13-15-7-5-4-6-8-15/h4-12,18-20,26H,13-14H2,1-3H3/t18-,19+,20-,24-/m1/s1. The van der Waals surface area contributed by atoms with Gasteiger partial charge in [0, 0.05) is 33.1 Å². The molecule has 0 aliphatic carbocycles. The zero-order valence-corrected chi connectivity index (χ0v) is 20.3. The van der Waals surface area contributed by atoms with Crippen LogP contribution in [0.1, 0.15) is 5.56 Å². The molecule has 35 heavy (non-hydrogen) atoms. The molecule has 0 unspecified atom stereocenters. The van der Waals surface area contributed by atoms with Crippen molar-refractivity contribution in [1.82, 2.24) is 14.5 Å². The zero-order valence-electron chi connectivity index (χ0n) is 19.5. The van der Waals surface area contributed by atoms with Crippen LogP contribution in [0.2, 0.25) is 0 Å². The topological polar surface area (TPSA) is 113 Å². The van der Waals surface area contributed by atoms with E-state index in [2.05, 4.69) is 5.32 Å². The number of sulfonamides is 1. The number of methoxy groups -OCH3 is 1. The molecule has 4 atom stereocenters. The average molecular weight is 504 g/mol. The maximum Gasteiger partial charge on any atom is 0.327 e. The molecule has 2 fully saturated rings. The van der Waals surface area contributed by atoms with Crippen LogP contribution in [0.4, 0.5) is 4.39 Å². The molecule has 0 bridgehead atoms. The number of esters is 1. The monoisotopic (exact) mass is 503 g/mol. The van der Waals surface area contributed by atoms with Gasteiger partial charge in [0.15, 0.2) is 0 Å². The van der Waals surface area contributed by atoms with Crippen LogP contribution in [0.25, 0.3) is 0 Å². The zero-order chi connectivity index (χ0) is 25.5. The number of fused-ring (bicyclic) bond motifs is 1. The molecule has 0 saturated carbocycles. The number of rotatable bonds is 7. The first-order valence-electron chi connectivity index (χ1n) is 11.0. The minimum Gasteiger partial charge on any atom is -0.468 e. The first kappa shape index (κ1) is 25.0. The van der Waals surface area contributed by atoms with E-state index in [1.54, 1.807) is 24.3 Å². The number of hydrogen-bond acceptors (Lipinski definition) is 7. The predicted octanol–water partition coefficient (Wildman–Crippen LogP) is 0.803. The first-order valence-corrected chi connectivity index (χ1v) is 12.4. The summed E-state index contributed by atoms with van der Waals surface area (Å²) in [7, 11) is -0.154. The van der Waals surface area contributed by atoms with Gasteiger partial charge >= 0.3 is 5.97 Å². The van der Waals surface area contributed by atoms with Crippen molar-refractivity contribution in [2.24, 2.45) is 11.8 Å². The van der Waals surface area contributed by atoms with Crippen LogP contribution < -0.4 is 5.32 Å². The van der Waals surface area contributed by atoms with Crippen LogP contribution in [0, 0.1) is 17.7 Å². The predicted molar refractivity (Wildman–Crippen MR) is 123 cm³/mol. The molecule has 9 nitrogen and oxygen atoms in total. The van der Waals surface area contributed by atoms with Crippen LogP contribution in [-0.2, 0) is 35.6 Å². The van der Waals surface area contributed by atoms with E-state index in [1.165, 1.54) is 21.2 Å². The summed E-state index contributed by atoms with van der Waals surface area (Å²) in [6, 6.07) is 12.5. The van der Waals surface area contributed by atoms with E-state index in [9.17, 15) is 27.2 Å². The van der Waals surface area contributed by atoms with Gasteiger partial charge in [0.2, 0.25) is 21.8 Å². The van der Waals surface area contributed by atoms with E-state index in [0.717, 1.165) is 39.0 Å². The van der Waals surface area contributed by atoms with Crippen molar-refractivity contribution in [2.75, 3.05) is 27.7 Å². The van der Waals surface area contributed by atoms with E-state index >= 15 is 0 Å². The van der Waals surface area contributed by atoms with Gasteiger partial charge < -0.3 is 4.74 Å². The molecule has 0 radical (unpaired) electrons. The minimum atomic E-state index is -4.04. The first-order chi connectivity index (χ1) is 16.5. The van der Waals surface area contributed by atoms with E-state index in [4.69, 9.17) is 4.74 Å². The number of halogens is 1. The van der Waals surface area contributed by atoms with Crippen molar-refractivity contribution in [3.63, 3.8) is 0 Å². The molecule has 2 saturated heterocycles. The molecule has 0 aromatic heterocycles. The molecule has 1 N–H and O–H groups in total. The second-order valence-corrected chi connectivity index (χ2v) is 10.9. The number of hydrogen-bond donors (Lipinski definition) is 1. The Balaban J connectivity index is 1.72. The fourth-order valence-corrected chi connectivity index (χ4v) is 6.31. The van der Waals surface area contributed by atoms with Gasteiger partial charge in [0.05, 0.1) is 23.8 Å². The molecular formula is C24H26FN3O6S. The van der Waals surface area contributed by atoms with Crippen molar-refractivity contribution < 1.29 is 31.9 Å². The summed E-state index contributed by atoms with van der Waals surface area (Å²) < 4.78 is 45.6. The summed E-state index contributed by atoms with van der Waals surface area (Å²) in [4.78, 5) is 40.4. The number of benzene rings is 2. The molecule has 186 valence electrons. The van der Waals surface area contributed by atoms with Crippen LogP contribution in [-0.4, -0.2) is 74.7 Å². The fraction of sp³-hybridized carbons (Fsp3) is 0.375. The average Bonchev–Trinajstić information content (AvgIpc) is 3.28. The van der Waals surface area contributed by atoms with Crippen molar-refractivity contribution >= 4 is 27.8 Å². The summed E-state index contributed by atoms with van der Waals surface area (Å²) in [5.74, 6) is -4.35. The van der Waals surface area contributed by atoms with E-state index in [-0.39, 0.29) is 17.9 Å². The molecule has 2 heterocycles. The van der Waals surface area contributed by atoms with Crippen LogP contribution in [0.15, 0.2) is 59.5 Å². The van der Waals surface area contributed by atoms with E-state index < -0.39 is 57.0 Å². The normalized spacial score (nSPS) is 26.3. The van der Waals surface area contributed by atoms with Gasteiger partial charge in [-0.2, -0.15) is 4.31 Å². The largest absolute Gasteiger partial charge is 0.468 e. The maximum absolute atomic E-state index is 13.3. The lowest BCUT2D eigenvalue weighted by molar-refractivity contribution is -0.153. The third-order valence-corrected chi connectivity index (χ3v) is 8.67. The van der Waals surface area contributed by atoms with Crippen LogP contribution in [0.3, 0.4) is 0 Å². The number of likely N-dealkylation sites (tertiary alicyclic amines) is 1. The van der Waals surface area contributed by atoms with Gasteiger partial charge in [0.25, 0.3) is 0 Å². The fourth-order valence-electron chi connectivity index (χ4n) is 5.11. The summed E-state index contributed by atoms with van der Waals surface area (Å²) in [6.45, 7) is -0.207. The maximum atomic E-state index is 13.3. The van der Waals surface area contributed by atoms with Gasteiger partial charge in [-0.05, 0) is 29.8 Å². The Morgan fingerprint density at radius 1 is 1.11 bits per heavy atom. The number of nitrogens with zero attached hydrogens (tertiary/aromatic N) is 2. The summed E-state index contributed by atoms with van der Waals surface area (Å²) in [5.41, 5.74) is -0.824. The summed E-state index contributed by atoms with van der Waals surface area (Å²) in [6.07, 6.45) is 0.0689. The Hall–Kier alpha value is -3.15. The molecule has 2 amide bonds. The molecular weight excluding hydrogens is 477 g/mol. The van der Waals surface area contributed by atoms with Crippen molar-refractivity contribution in [3.05, 3.63) is 66.0 Å². The Kier molecular flexibility index (Phi) is 6.52. The number of imide groups is 1. The van der Waals surface area contributed by atoms with E-state index in [0.29, 0.717) is 0 Å². The molecule has 2 aromatic rings. The highest BCUT2D eigenvalue weighted by molar-refractivity contribution is 7.89. The Bertz CT molecular complexity index is 1250. The summed E-state index contributed by atoms with van der Waals surface area (Å²) in [5, 5.41) is 3.14. The number of likely N-dealkylation sites (N-methyl/N-ethyl adjacent to an activating group) is 1. The summed E-state index contributed by atoms with van der Waals surface area (Å²) >= 11 is 0. The SMILES string of the molecule is COC(=O)[C@]1(Cc2ccccc2)N[C@H](CN(C)S(=O)(=O)c2ccc(F)cc2)[C@@H]2C(=O)N(C)C(=O)[C@@H]21. The Labute approximate surface area is 202 Å². The number of carbonyl (C=O) groups is 3. The molecule has 2 aliphatic heterocycles. The smallest absolute Gasteiger partial charge is 0.327 e. The van der Waals surface area contributed by atoms with Gasteiger partial charge in [-0.3, -0.25) is 24.6 Å². The van der Waals surface area contributed by atoms with Crippen molar-refractivity contribution in [1.29, 1.82) is 0 Å². The highest BCUT2D eigenvalue weighted by Crippen LogP contribution is 2.45. The highest BCUT2D eigenvalue weighted by Gasteiger charge is 2.68. The number of ether oxygens (including phenoxy) is 1. The highest BCUT2D eigenvalue weighted by atomic mass is 32.2. The van der Waals surface area contributed by atoms with Crippen LogP contribution >= 0.6 is 0 Å². The quantitative estimate of drug-likeness (QED) is 0.439. The number of carbonyl (C=O) groups excluding carboxylic acids is 3. The minimum absolute atomic E-state index is 0.0689. The van der Waals surface area contributed by atoms with Gasteiger partial charge in [-0.25, -0.2) is 12.8 Å². The Morgan fingerprint density at radius 3 is 2.34 bits per heavy atom. The van der Waals surface area contributed by atoms with Crippen molar-refractivity contribution in [2.45, 2.75) is 22.9 Å². The molecule has 2 aliphatic rings. The molecule has 2 aromatic carbocycles. The van der Waals surface area contributed by atoms with Gasteiger partial charge in [0.1, 0.15) is 11.4 Å². The van der Waals surface area contributed by atoms with Crippen LogP contribution in [0.5, 0.6) is 0 Å². The van der Waals surface area contributed by atoms with Crippen molar-refractivity contribution in [3.8, 4) is 0 Å². The number of nitrogens with one attached hydrogen (secondary N) is 1. The Morgan fingerprint density at radius 2 is 1.74 bits per heavy atom. The third kappa shape index (κ3) is 4.13. The second kappa shape index (κ2) is 9.14. The van der Waals surface area contributed by atoms with Gasteiger partial charge in [-0.15, -0.1) is 0 Å².